The van der Waals surface area contributed by atoms with E-state index in [4.69, 9.17) is 4.74 Å². The highest BCUT2D eigenvalue weighted by atomic mass is 16.6. The van der Waals surface area contributed by atoms with Gasteiger partial charge in [0.2, 0.25) is 5.91 Å². The van der Waals surface area contributed by atoms with Gasteiger partial charge in [-0.3, -0.25) is 19.1 Å². The second kappa shape index (κ2) is 10.5. The fourth-order valence-corrected chi connectivity index (χ4v) is 7.61. The highest BCUT2D eigenvalue weighted by Gasteiger charge is 2.63. The number of nitrogens with zero attached hydrogens (tertiary/aromatic N) is 1. The van der Waals surface area contributed by atoms with Crippen LogP contribution in [0.15, 0.2) is 58.3 Å². The van der Waals surface area contributed by atoms with Crippen LogP contribution in [0.3, 0.4) is 0 Å². The summed E-state index contributed by atoms with van der Waals surface area (Å²) in [6, 6.07) is 1.13. The van der Waals surface area contributed by atoms with E-state index in [9.17, 15) is 24.6 Å². The molecule has 1 amide bonds. The van der Waals surface area contributed by atoms with Crippen molar-refractivity contribution in [3.8, 4) is 0 Å². The van der Waals surface area contributed by atoms with Gasteiger partial charge < -0.3 is 20.3 Å². The van der Waals surface area contributed by atoms with E-state index in [-0.39, 0.29) is 12.5 Å². The smallest absolute Gasteiger partial charge is 0.330 e. The van der Waals surface area contributed by atoms with Crippen LogP contribution >= 0.6 is 0 Å². The van der Waals surface area contributed by atoms with Crippen LogP contribution in [-0.4, -0.2) is 50.5 Å². The number of aromatic amines is 1. The van der Waals surface area contributed by atoms with Gasteiger partial charge in [0, 0.05) is 24.9 Å². The molecule has 9 heteroatoms. The predicted octanol–water partition coefficient (Wildman–Crippen LogP) is 2.14. The van der Waals surface area contributed by atoms with Gasteiger partial charge >= 0.3 is 5.69 Å². The SMILES string of the molecule is C[C@@H]1C[C@@H]1/C=C/[C@H]1C[C@@H]1[C@@H]1C[C@H]1[C@H]1C[C@@H]1[C@@H]1C[C@H]1/C=C/C=C/C(=O)NC[C@H]1O[C@@H](n2ccc(=O)[nH]c2=O)[C@H](O)[C@@H]1O. The Kier molecular flexibility index (Phi) is 6.95. The molecule has 5 aliphatic carbocycles. The Balaban J connectivity index is 0.801. The third kappa shape index (κ3) is 5.81. The van der Waals surface area contributed by atoms with Gasteiger partial charge in [-0.05, 0) is 91.3 Å². The van der Waals surface area contributed by atoms with Crippen LogP contribution in [0.2, 0.25) is 0 Å². The van der Waals surface area contributed by atoms with Crippen molar-refractivity contribution in [2.24, 2.45) is 59.2 Å². The second-order valence-electron chi connectivity index (χ2n) is 13.6. The van der Waals surface area contributed by atoms with Crippen molar-refractivity contribution < 1.29 is 19.7 Å². The van der Waals surface area contributed by atoms with Gasteiger partial charge in [-0.25, -0.2) is 4.79 Å². The molecule has 0 aromatic carbocycles. The first kappa shape index (κ1) is 27.1. The largest absolute Gasteiger partial charge is 0.387 e. The van der Waals surface area contributed by atoms with E-state index in [1.165, 1.54) is 44.4 Å². The molecule has 1 saturated heterocycles. The summed E-state index contributed by atoms with van der Waals surface area (Å²) in [5.41, 5.74) is -1.32. The monoisotopic (exact) mass is 563 g/mol. The summed E-state index contributed by atoms with van der Waals surface area (Å²) in [5.74, 6) is 8.64. The maximum absolute atomic E-state index is 12.3. The average Bonchev–Trinajstić information content (AvgIpc) is 3.72. The number of rotatable bonds is 11. The van der Waals surface area contributed by atoms with Crippen molar-refractivity contribution >= 4 is 5.91 Å². The number of H-pyrrole nitrogens is 1. The minimum absolute atomic E-state index is 0.0345. The molecule has 1 aliphatic heterocycles. The van der Waals surface area contributed by atoms with Gasteiger partial charge in [0.05, 0.1) is 0 Å². The van der Waals surface area contributed by atoms with E-state index in [0.29, 0.717) is 5.92 Å². The number of ether oxygens (including phenoxy) is 1. The molecule has 4 N–H and O–H groups in total. The lowest BCUT2D eigenvalue weighted by Crippen LogP contribution is -2.39. The summed E-state index contributed by atoms with van der Waals surface area (Å²) in [6.45, 7) is 2.32. The quantitative estimate of drug-likeness (QED) is 0.185. The first-order chi connectivity index (χ1) is 19.8. The Morgan fingerprint density at radius 2 is 1.56 bits per heavy atom. The van der Waals surface area contributed by atoms with Crippen LogP contribution in [0.25, 0.3) is 0 Å². The number of amides is 1. The zero-order valence-corrected chi connectivity index (χ0v) is 23.4. The third-order valence-electron chi connectivity index (χ3n) is 10.6. The highest BCUT2D eigenvalue weighted by Crippen LogP contribution is 2.70. The Morgan fingerprint density at radius 3 is 2.22 bits per heavy atom. The van der Waals surface area contributed by atoms with Crippen molar-refractivity contribution in [3.05, 3.63) is 69.6 Å². The maximum Gasteiger partial charge on any atom is 0.330 e. The molecule has 6 fully saturated rings. The molecule has 0 radical (unpaired) electrons. The molecule has 0 spiro atoms. The molecule has 9 nitrogen and oxygen atoms in total. The fraction of sp³-hybridized carbons (Fsp3) is 0.656. The summed E-state index contributed by atoms with van der Waals surface area (Å²) in [6.07, 6.45) is 15.8. The highest BCUT2D eigenvalue weighted by molar-refractivity contribution is 5.87. The van der Waals surface area contributed by atoms with E-state index < -0.39 is 35.8 Å². The first-order valence-electron chi connectivity index (χ1n) is 15.4. The molecule has 5 saturated carbocycles. The zero-order valence-electron chi connectivity index (χ0n) is 23.4. The van der Waals surface area contributed by atoms with Crippen molar-refractivity contribution in [2.75, 3.05) is 6.54 Å². The first-order valence-corrected chi connectivity index (χ1v) is 15.4. The van der Waals surface area contributed by atoms with Crippen molar-refractivity contribution in [2.45, 2.75) is 63.6 Å². The number of nitrogens with one attached hydrogen (secondary N) is 2. The standard InChI is InChI=1S/C32H41N3O6/c1-16-10-17(16)6-7-19-12-21(19)23-14-25(23)24-13-22(24)20-11-18(20)4-2-3-5-27(36)33-15-26-29(38)30(39)31(41-26)35-9-8-28(37)34-32(35)40/h2-9,16-26,29-31,38-39H,10-15H2,1H3,(H,33,36)(H,34,37,40)/b4-2+,5-3+,7-6+/t16-,17+,18-,19+,20-,21+,22-,23+,24+,25-,26-,29-,30-,31-/m1/s1. The van der Waals surface area contributed by atoms with E-state index in [1.54, 1.807) is 6.08 Å². The lowest BCUT2D eigenvalue weighted by Gasteiger charge is -2.16. The minimum Gasteiger partial charge on any atom is -0.387 e. The fourth-order valence-electron chi connectivity index (χ4n) is 7.61. The summed E-state index contributed by atoms with van der Waals surface area (Å²) in [4.78, 5) is 37.6. The molecule has 220 valence electrons. The van der Waals surface area contributed by atoms with Crippen LogP contribution in [-0.2, 0) is 9.53 Å². The van der Waals surface area contributed by atoms with Gasteiger partial charge in [0.15, 0.2) is 6.23 Å². The third-order valence-corrected chi connectivity index (χ3v) is 10.6. The Bertz CT molecular complexity index is 1380. The molecule has 7 rings (SSSR count). The number of hydrogen-bond donors (Lipinski definition) is 4. The molecular weight excluding hydrogens is 522 g/mol. The lowest BCUT2D eigenvalue weighted by molar-refractivity contribution is -0.117. The summed E-state index contributed by atoms with van der Waals surface area (Å²) in [5, 5.41) is 23.3. The Labute approximate surface area is 239 Å². The normalized spacial score (nSPS) is 45.9. The molecule has 1 aromatic rings. The molecule has 6 aliphatic rings. The molecule has 0 unspecified atom stereocenters. The number of aromatic nitrogens is 2. The molecular formula is C32H41N3O6. The van der Waals surface area contributed by atoms with Gasteiger partial charge in [-0.2, -0.15) is 0 Å². The summed E-state index contributed by atoms with van der Waals surface area (Å²) < 4.78 is 6.63. The zero-order chi connectivity index (χ0) is 28.4. The topological polar surface area (TPSA) is 134 Å². The van der Waals surface area contributed by atoms with Gasteiger partial charge in [-0.15, -0.1) is 0 Å². The van der Waals surface area contributed by atoms with Crippen LogP contribution in [0, 0.1) is 59.2 Å². The summed E-state index contributed by atoms with van der Waals surface area (Å²) in [7, 11) is 0. The number of aliphatic hydroxyl groups is 2. The molecule has 14 atom stereocenters. The van der Waals surface area contributed by atoms with Crippen LogP contribution in [0.4, 0.5) is 0 Å². The van der Waals surface area contributed by atoms with E-state index in [0.717, 1.165) is 63.9 Å². The number of aliphatic hydroxyl groups excluding tert-OH is 2. The minimum atomic E-state index is -1.38. The van der Waals surface area contributed by atoms with Crippen molar-refractivity contribution in [1.29, 1.82) is 0 Å². The summed E-state index contributed by atoms with van der Waals surface area (Å²) >= 11 is 0. The lowest BCUT2D eigenvalue weighted by atomic mass is 10.1. The number of carbonyl (C=O) groups is 1. The van der Waals surface area contributed by atoms with Gasteiger partial charge in [0.1, 0.15) is 18.3 Å². The molecule has 2 heterocycles. The average molecular weight is 564 g/mol. The van der Waals surface area contributed by atoms with Crippen molar-refractivity contribution in [3.63, 3.8) is 0 Å². The second-order valence-corrected chi connectivity index (χ2v) is 13.6. The van der Waals surface area contributed by atoms with Crippen LogP contribution in [0.1, 0.15) is 45.3 Å². The number of carbonyl (C=O) groups excluding carboxylic acids is 1. The molecule has 41 heavy (non-hydrogen) atoms. The Morgan fingerprint density at radius 1 is 0.927 bits per heavy atom. The Hall–Kier alpha value is -2.75. The number of allylic oxidation sites excluding steroid dienone is 5. The molecule has 0 bridgehead atoms. The van der Waals surface area contributed by atoms with Crippen molar-refractivity contribution in [1.82, 2.24) is 14.9 Å². The molecule has 1 aromatic heterocycles. The van der Waals surface area contributed by atoms with Gasteiger partial charge in [-0.1, -0.05) is 37.3 Å². The van der Waals surface area contributed by atoms with Crippen LogP contribution < -0.4 is 16.6 Å². The number of hydrogen-bond acceptors (Lipinski definition) is 6. The predicted molar refractivity (Wildman–Crippen MR) is 151 cm³/mol. The maximum atomic E-state index is 12.3. The van der Waals surface area contributed by atoms with Gasteiger partial charge in [0.25, 0.3) is 5.56 Å². The van der Waals surface area contributed by atoms with E-state index in [2.05, 4.69) is 35.5 Å². The van der Waals surface area contributed by atoms with E-state index >= 15 is 0 Å². The van der Waals surface area contributed by atoms with E-state index in [1.807, 2.05) is 6.08 Å². The van der Waals surface area contributed by atoms with Crippen LogP contribution in [0.5, 0.6) is 0 Å².